The van der Waals surface area contributed by atoms with Gasteiger partial charge >= 0.3 is 0 Å². The van der Waals surface area contributed by atoms with Crippen LogP contribution in [0.4, 0.5) is 14.5 Å². The van der Waals surface area contributed by atoms with Gasteiger partial charge in [0.2, 0.25) is 6.41 Å². The predicted molar refractivity (Wildman–Crippen MR) is 60.6 cm³/mol. The molecular weight excluding hydrogens is 272 g/mol. The molecule has 0 aliphatic heterocycles. The molecule has 0 aromatic heterocycles. The summed E-state index contributed by atoms with van der Waals surface area (Å²) in [4.78, 5) is 12.5. The molecule has 1 aliphatic rings. The summed E-state index contributed by atoms with van der Waals surface area (Å²) < 4.78 is 26.3. The molecule has 2 nitrogen and oxygen atoms in total. The van der Waals surface area contributed by atoms with Crippen molar-refractivity contribution < 1.29 is 35.3 Å². The van der Waals surface area contributed by atoms with Gasteiger partial charge in [-0.25, -0.2) is 8.78 Å². The molecule has 0 heterocycles. The fourth-order valence-corrected chi connectivity index (χ4v) is 2.33. The van der Waals surface area contributed by atoms with E-state index in [4.69, 9.17) is 0 Å². The minimum absolute atomic E-state index is 0. The molecule has 0 N–H and O–H groups in total. The Morgan fingerprint density at radius 3 is 2.44 bits per heavy atom. The molecule has 0 unspecified atom stereocenters. The Morgan fingerprint density at radius 1 is 1.22 bits per heavy atom. The smallest absolute Gasteiger partial charge is 0.214 e. The van der Waals surface area contributed by atoms with Gasteiger partial charge in [-0.05, 0) is 25.0 Å². The molecule has 1 fully saturated rings. The van der Waals surface area contributed by atoms with E-state index in [2.05, 4.69) is 0 Å². The van der Waals surface area contributed by atoms with E-state index in [0.717, 1.165) is 38.2 Å². The fourth-order valence-electron chi connectivity index (χ4n) is 2.33. The minimum Gasteiger partial charge on any atom is -0.309 e. The molecule has 95 valence electrons. The Bertz CT molecular complexity index is 408. The maximum Gasteiger partial charge on any atom is 0.214 e. The fraction of sp³-hybridized carbons (Fsp3) is 0.462. The largest absolute Gasteiger partial charge is 0.309 e. The van der Waals surface area contributed by atoms with Gasteiger partial charge < -0.3 is 4.90 Å². The van der Waals surface area contributed by atoms with Crippen LogP contribution >= 0.6 is 0 Å². The molecule has 1 aromatic rings. The van der Waals surface area contributed by atoms with Crippen LogP contribution in [0.3, 0.4) is 0 Å². The first-order valence-electron chi connectivity index (χ1n) is 5.83. The number of hydrogen-bond donors (Lipinski definition) is 0. The predicted octanol–water partition coefficient (Wildman–Crippen LogP) is 3.06. The number of benzene rings is 1. The minimum atomic E-state index is -0.803. The topological polar surface area (TPSA) is 20.3 Å². The van der Waals surface area contributed by atoms with Crippen molar-refractivity contribution in [3.05, 3.63) is 29.8 Å². The molecule has 1 aliphatic carbocycles. The molecule has 18 heavy (non-hydrogen) atoms. The number of halogens is 2. The van der Waals surface area contributed by atoms with Gasteiger partial charge in [0, 0.05) is 27.8 Å². The van der Waals surface area contributed by atoms with Crippen molar-refractivity contribution in [3.8, 4) is 0 Å². The van der Waals surface area contributed by atoms with Gasteiger partial charge in [0.05, 0.1) is 11.8 Å². The summed E-state index contributed by atoms with van der Waals surface area (Å²) >= 11 is 0. The number of carbonyl (C=O) groups is 1. The van der Waals surface area contributed by atoms with E-state index >= 15 is 0 Å². The second kappa shape index (κ2) is 7.00. The molecule has 2 rings (SSSR count). The first-order chi connectivity index (χ1) is 8.22. The number of carbonyl (C=O) groups excluding carboxylic acids is 1. The van der Waals surface area contributed by atoms with Gasteiger partial charge in [-0.15, -0.1) is 0 Å². The normalized spacial score (nSPS) is 15.9. The first-order valence-corrected chi connectivity index (χ1v) is 5.83. The van der Waals surface area contributed by atoms with Crippen molar-refractivity contribution in [2.45, 2.75) is 38.1 Å². The Kier molecular flexibility index (Phi) is 5.96. The monoisotopic (exact) mass is 286 g/mol. The van der Waals surface area contributed by atoms with Crippen molar-refractivity contribution in [2.75, 3.05) is 4.90 Å². The summed E-state index contributed by atoms with van der Waals surface area (Å²) in [5.41, 5.74) is 0.119. The van der Waals surface area contributed by atoms with Crippen LogP contribution in [0.1, 0.15) is 32.1 Å². The molecule has 5 heteroatoms. The summed E-state index contributed by atoms with van der Waals surface area (Å²) in [6.07, 6.45) is 5.61. The summed E-state index contributed by atoms with van der Waals surface area (Å²) in [6, 6.07) is 4.40. The van der Waals surface area contributed by atoms with E-state index < -0.39 is 11.6 Å². The molecule has 0 saturated heterocycles. The number of rotatable bonds is 3. The summed E-state index contributed by atoms with van der Waals surface area (Å²) in [5.74, 6) is -1.55. The maximum absolute atomic E-state index is 13.5. The number of amides is 1. The van der Waals surface area contributed by atoms with Crippen LogP contribution < -0.4 is 4.90 Å². The average molecular weight is 286 g/mol. The molecule has 1 saturated carbocycles. The Labute approximate surface area is 120 Å². The van der Waals surface area contributed by atoms with Gasteiger partial charge in [-0.3, -0.25) is 4.79 Å². The van der Waals surface area contributed by atoms with Gasteiger partial charge in [0.15, 0.2) is 5.82 Å². The van der Waals surface area contributed by atoms with Crippen molar-refractivity contribution in [1.82, 2.24) is 0 Å². The Morgan fingerprint density at radius 2 is 1.89 bits per heavy atom. The third-order valence-electron chi connectivity index (χ3n) is 3.20. The number of anilines is 1. The van der Waals surface area contributed by atoms with Gasteiger partial charge in [0.25, 0.3) is 0 Å². The van der Waals surface area contributed by atoms with E-state index in [1.165, 1.54) is 11.0 Å². The number of hydrogen-bond acceptors (Lipinski definition) is 1. The van der Waals surface area contributed by atoms with Crippen LogP contribution in [-0.4, -0.2) is 12.5 Å². The SMILES string of the molecule is O=CN(c1ccc(F)[c]c1F)C1CCCCC1.[Ti]. The maximum atomic E-state index is 13.5. The van der Waals surface area contributed by atoms with Crippen molar-refractivity contribution >= 4 is 12.1 Å². The van der Waals surface area contributed by atoms with E-state index in [1.807, 2.05) is 6.07 Å². The Hall–Kier alpha value is -0.736. The van der Waals surface area contributed by atoms with Crippen LogP contribution in [-0.2, 0) is 26.5 Å². The molecule has 0 spiro atoms. The summed E-state index contributed by atoms with van der Waals surface area (Å²) in [6.45, 7) is 0. The van der Waals surface area contributed by atoms with E-state index in [1.54, 1.807) is 0 Å². The zero-order chi connectivity index (χ0) is 12.3. The average Bonchev–Trinajstić information content (AvgIpc) is 2.34. The summed E-state index contributed by atoms with van der Waals surface area (Å²) in [7, 11) is 0. The molecule has 1 amide bonds. The standard InChI is InChI=1S/C13H14F2NO.Ti/c14-10-6-7-13(12(15)8-10)16(9-17)11-4-2-1-3-5-11;/h6-7,9,11H,1-5H2;. The summed E-state index contributed by atoms with van der Waals surface area (Å²) in [5, 5.41) is 0. The Balaban J connectivity index is 0.00000162. The molecule has 1 radical (unpaired) electrons. The van der Waals surface area contributed by atoms with E-state index in [0.29, 0.717) is 6.41 Å². The quantitative estimate of drug-likeness (QED) is 0.617. The van der Waals surface area contributed by atoms with E-state index in [9.17, 15) is 13.6 Å². The third-order valence-corrected chi connectivity index (χ3v) is 3.20. The zero-order valence-corrected chi connectivity index (χ0v) is 11.5. The molecule has 0 atom stereocenters. The molecule has 1 aromatic carbocycles. The number of nitrogens with zero attached hydrogens (tertiary/aromatic N) is 1. The van der Waals surface area contributed by atoms with Gasteiger partial charge in [-0.2, -0.15) is 0 Å². The van der Waals surface area contributed by atoms with Crippen molar-refractivity contribution in [1.29, 1.82) is 0 Å². The molecular formula is C13H14F2NOTi. The second-order valence-corrected chi connectivity index (χ2v) is 4.31. The van der Waals surface area contributed by atoms with Gasteiger partial charge in [-0.1, -0.05) is 19.3 Å². The zero-order valence-electron chi connectivity index (χ0n) is 9.96. The van der Waals surface area contributed by atoms with E-state index in [-0.39, 0.29) is 33.4 Å². The van der Waals surface area contributed by atoms with Crippen molar-refractivity contribution in [2.24, 2.45) is 0 Å². The molecule has 0 bridgehead atoms. The van der Waals surface area contributed by atoms with Crippen molar-refractivity contribution in [3.63, 3.8) is 0 Å². The van der Waals surface area contributed by atoms with Crippen LogP contribution in [0.2, 0.25) is 0 Å². The third kappa shape index (κ3) is 3.39. The van der Waals surface area contributed by atoms with Crippen LogP contribution in [0, 0.1) is 17.7 Å². The van der Waals surface area contributed by atoms with Crippen LogP contribution in [0.25, 0.3) is 0 Å². The second-order valence-electron chi connectivity index (χ2n) is 4.31. The van der Waals surface area contributed by atoms with Crippen LogP contribution in [0.5, 0.6) is 0 Å². The first kappa shape index (κ1) is 15.3. The van der Waals surface area contributed by atoms with Gasteiger partial charge in [0.1, 0.15) is 5.82 Å². The van der Waals surface area contributed by atoms with Crippen LogP contribution in [0.15, 0.2) is 12.1 Å².